The van der Waals surface area contributed by atoms with Gasteiger partial charge < -0.3 is 10.6 Å². The maximum absolute atomic E-state index is 12.3. The van der Waals surface area contributed by atoms with E-state index in [0.29, 0.717) is 18.2 Å². The molecule has 0 bridgehead atoms. The lowest BCUT2D eigenvalue weighted by atomic mass is 9.94. The van der Waals surface area contributed by atoms with Crippen molar-refractivity contribution in [1.82, 2.24) is 10.6 Å². The number of hydrogen-bond acceptors (Lipinski definition) is 2. The third kappa shape index (κ3) is 8.01. The molecule has 6 heteroatoms. The lowest BCUT2D eigenvalue weighted by Crippen LogP contribution is -2.44. The van der Waals surface area contributed by atoms with Crippen LogP contribution < -0.4 is 10.6 Å². The van der Waals surface area contributed by atoms with Crippen LogP contribution in [0.3, 0.4) is 0 Å². The Morgan fingerprint density at radius 3 is 2.22 bits per heavy atom. The van der Waals surface area contributed by atoms with Gasteiger partial charge in [-0.1, -0.05) is 55.5 Å². The van der Waals surface area contributed by atoms with E-state index in [1.54, 1.807) is 0 Å². The molecule has 0 heterocycles. The topological polar surface area (TPSA) is 53.5 Å². The van der Waals surface area contributed by atoms with E-state index < -0.39 is 10.8 Å². The summed E-state index contributed by atoms with van der Waals surface area (Å²) in [6, 6.07) is 20.2. The van der Waals surface area contributed by atoms with Crippen molar-refractivity contribution in [3.05, 3.63) is 66.2 Å². The van der Waals surface area contributed by atoms with Crippen molar-refractivity contribution in [2.24, 2.45) is 4.99 Å². The molecule has 0 radical (unpaired) electrons. The van der Waals surface area contributed by atoms with Crippen LogP contribution in [-0.4, -0.2) is 35.1 Å². The first kappa shape index (κ1) is 23.6. The summed E-state index contributed by atoms with van der Waals surface area (Å²) >= 11 is 0. The molecule has 3 unspecified atom stereocenters. The van der Waals surface area contributed by atoms with Gasteiger partial charge in [-0.25, -0.2) is 0 Å². The van der Waals surface area contributed by atoms with Gasteiger partial charge in [0.2, 0.25) is 0 Å². The summed E-state index contributed by atoms with van der Waals surface area (Å²) in [6.07, 6.45) is 0. The van der Waals surface area contributed by atoms with Crippen LogP contribution in [0.5, 0.6) is 0 Å². The van der Waals surface area contributed by atoms with Crippen LogP contribution in [-0.2, 0) is 10.8 Å². The molecule has 0 spiro atoms. The number of benzene rings is 2. The van der Waals surface area contributed by atoms with Crippen LogP contribution in [0, 0.1) is 0 Å². The molecule has 0 fully saturated rings. The Balaban J connectivity index is 0.00000364. The monoisotopic (exact) mass is 499 g/mol. The van der Waals surface area contributed by atoms with Gasteiger partial charge in [-0.3, -0.25) is 9.20 Å². The SMILES string of the molecule is CCNC(=NCCS(=O)c1ccccc1)NC(C)C(C)c1ccccc1.I. The lowest BCUT2D eigenvalue weighted by molar-refractivity contribution is 0.550. The second kappa shape index (κ2) is 12.9. The number of halogens is 1. The molecular weight excluding hydrogens is 469 g/mol. The average molecular weight is 499 g/mol. The van der Waals surface area contributed by atoms with Crippen molar-refractivity contribution in [2.75, 3.05) is 18.8 Å². The van der Waals surface area contributed by atoms with Gasteiger partial charge in [0.15, 0.2) is 5.96 Å². The molecule has 2 aromatic carbocycles. The molecule has 0 saturated carbocycles. The van der Waals surface area contributed by atoms with Gasteiger partial charge >= 0.3 is 0 Å². The Morgan fingerprint density at radius 2 is 1.63 bits per heavy atom. The quantitative estimate of drug-likeness (QED) is 0.326. The van der Waals surface area contributed by atoms with Crippen LogP contribution in [0.1, 0.15) is 32.3 Å². The zero-order valence-electron chi connectivity index (χ0n) is 16.2. The molecule has 2 rings (SSSR count). The number of hydrogen-bond donors (Lipinski definition) is 2. The molecule has 0 amide bonds. The molecule has 3 atom stereocenters. The molecule has 0 saturated heterocycles. The Bertz CT molecular complexity index is 710. The fraction of sp³-hybridized carbons (Fsp3) is 0.381. The number of guanidine groups is 1. The summed E-state index contributed by atoms with van der Waals surface area (Å²) in [4.78, 5) is 5.45. The molecular formula is C21H30IN3OS. The van der Waals surface area contributed by atoms with Crippen LogP contribution in [0.15, 0.2) is 70.6 Å². The molecule has 2 aromatic rings. The van der Waals surface area contributed by atoms with Gasteiger partial charge in [0.25, 0.3) is 0 Å². The predicted octanol–water partition coefficient (Wildman–Crippen LogP) is 4.16. The van der Waals surface area contributed by atoms with Gasteiger partial charge in [0, 0.05) is 29.2 Å². The third-order valence-corrected chi connectivity index (χ3v) is 5.69. The maximum atomic E-state index is 12.3. The highest BCUT2D eigenvalue weighted by molar-refractivity contribution is 14.0. The van der Waals surface area contributed by atoms with E-state index in [1.165, 1.54) is 5.56 Å². The zero-order chi connectivity index (χ0) is 18.8. The van der Waals surface area contributed by atoms with E-state index in [2.05, 4.69) is 53.7 Å². The van der Waals surface area contributed by atoms with E-state index in [4.69, 9.17) is 0 Å². The largest absolute Gasteiger partial charge is 0.357 e. The van der Waals surface area contributed by atoms with Crippen LogP contribution in [0.2, 0.25) is 0 Å². The molecule has 0 aliphatic rings. The minimum atomic E-state index is -1.02. The molecule has 4 nitrogen and oxygen atoms in total. The number of nitrogens with one attached hydrogen (secondary N) is 2. The molecule has 0 aliphatic heterocycles. The molecule has 2 N–H and O–H groups in total. The maximum Gasteiger partial charge on any atom is 0.191 e. The first-order valence-corrected chi connectivity index (χ1v) is 10.5. The summed E-state index contributed by atoms with van der Waals surface area (Å²) in [6.45, 7) is 7.72. The predicted molar refractivity (Wildman–Crippen MR) is 127 cm³/mol. The fourth-order valence-electron chi connectivity index (χ4n) is 2.64. The van der Waals surface area contributed by atoms with E-state index in [1.807, 2.05) is 43.3 Å². The summed E-state index contributed by atoms with van der Waals surface area (Å²) in [5, 5.41) is 6.74. The van der Waals surface area contributed by atoms with Crippen LogP contribution in [0.25, 0.3) is 0 Å². The number of nitrogens with zero attached hydrogens (tertiary/aromatic N) is 1. The summed E-state index contributed by atoms with van der Waals surface area (Å²) in [7, 11) is -1.02. The highest BCUT2D eigenvalue weighted by atomic mass is 127. The van der Waals surface area contributed by atoms with Crippen molar-refractivity contribution in [3.63, 3.8) is 0 Å². The van der Waals surface area contributed by atoms with Crippen molar-refractivity contribution in [3.8, 4) is 0 Å². The Kier molecular flexibility index (Phi) is 11.3. The highest BCUT2D eigenvalue weighted by Gasteiger charge is 2.15. The Hall–Kier alpha value is -1.41. The van der Waals surface area contributed by atoms with Crippen molar-refractivity contribution < 1.29 is 4.21 Å². The summed E-state index contributed by atoms with van der Waals surface area (Å²) in [5.74, 6) is 1.65. The smallest absolute Gasteiger partial charge is 0.191 e. The highest BCUT2D eigenvalue weighted by Crippen LogP contribution is 2.18. The molecule has 0 aromatic heterocycles. The third-order valence-electron chi connectivity index (χ3n) is 4.34. The van der Waals surface area contributed by atoms with Crippen molar-refractivity contribution >= 4 is 40.7 Å². The first-order valence-electron chi connectivity index (χ1n) is 9.15. The summed E-state index contributed by atoms with van der Waals surface area (Å²) in [5.41, 5.74) is 1.30. The van der Waals surface area contributed by atoms with E-state index >= 15 is 0 Å². The van der Waals surface area contributed by atoms with Gasteiger partial charge in [-0.05, 0) is 31.5 Å². The number of aliphatic imine (C=N–C) groups is 1. The van der Waals surface area contributed by atoms with Gasteiger partial charge in [0.05, 0.1) is 17.3 Å². The van der Waals surface area contributed by atoms with Crippen molar-refractivity contribution in [2.45, 2.75) is 37.6 Å². The summed E-state index contributed by atoms with van der Waals surface area (Å²) < 4.78 is 12.3. The van der Waals surface area contributed by atoms with Crippen LogP contribution in [0.4, 0.5) is 0 Å². The Morgan fingerprint density at radius 1 is 1.04 bits per heavy atom. The van der Waals surface area contributed by atoms with E-state index in [9.17, 15) is 4.21 Å². The van der Waals surface area contributed by atoms with E-state index in [-0.39, 0.29) is 30.0 Å². The standard InChI is InChI=1S/C21H29N3OS.HI/c1-4-22-21(23-15-16-26(25)20-13-9-6-10-14-20)24-18(3)17(2)19-11-7-5-8-12-19;/h5-14,17-18H,4,15-16H2,1-3H3,(H2,22,23,24);1H. The normalized spacial score (nSPS) is 14.6. The Labute approximate surface area is 182 Å². The van der Waals surface area contributed by atoms with E-state index in [0.717, 1.165) is 17.4 Å². The van der Waals surface area contributed by atoms with Crippen LogP contribution >= 0.6 is 24.0 Å². The fourth-order valence-corrected chi connectivity index (χ4v) is 3.59. The van der Waals surface area contributed by atoms with Gasteiger partial charge in [0.1, 0.15) is 0 Å². The first-order chi connectivity index (χ1) is 12.6. The zero-order valence-corrected chi connectivity index (χ0v) is 19.4. The van der Waals surface area contributed by atoms with Crippen molar-refractivity contribution in [1.29, 1.82) is 0 Å². The minimum absolute atomic E-state index is 0. The molecule has 0 aliphatic carbocycles. The lowest BCUT2D eigenvalue weighted by Gasteiger charge is -2.24. The molecule has 148 valence electrons. The molecule has 27 heavy (non-hydrogen) atoms. The van der Waals surface area contributed by atoms with Gasteiger partial charge in [-0.15, -0.1) is 24.0 Å². The second-order valence-corrected chi connectivity index (χ2v) is 7.83. The number of rotatable bonds is 8. The second-order valence-electron chi connectivity index (χ2n) is 6.26. The van der Waals surface area contributed by atoms with Gasteiger partial charge in [-0.2, -0.15) is 0 Å². The minimum Gasteiger partial charge on any atom is -0.357 e. The average Bonchev–Trinajstić information content (AvgIpc) is 2.68.